The van der Waals surface area contributed by atoms with Gasteiger partial charge < -0.3 is 83.4 Å². The maximum absolute atomic E-state index is 12.7. The Labute approximate surface area is 482 Å². The molecule has 1 aliphatic heterocycles. The van der Waals surface area contributed by atoms with Crippen LogP contribution in [0.2, 0.25) is 0 Å². The van der Waals surface area contributed by atoms with E-state index < -0.39 is 95.7 Å². The molecule has 0 aliphatic carbocycles. The third-order valence-electron chi connectivity index (χ3n) is 11.4. The van der Waals surface area contributed by atoms with Crippen LogP contribution in [0.25, 0.3) is 0 Å². The number of carboxylic acids is 1. The molecule has 0 saturated heterocycles. The van der Waals surface area contributed by atoms with Crippen LogP contribution in [0.1, 0.15) is 242 Å². The summed E-state index contributed by atoms with van der Waals surface area (Å²) in [6, 6.07) is -5.64. The average molecular weight is 1200 g/mol. The van der Waals surface area contributed by atoms with Gasteiger partial charge in [0.25, 0.3) is 41.4 Å². The number of amides is 7. The summed E-state index contributed by atoms with van der Waals surface area (Å²) in [4.78, 5) is 132. The van der Waals surface area contributed by atoms with Crippen molar-refractivity contribution >= 4 is 63.3 Å². The van der Waals surface area contributed by atoms with Gasteiger partial charge in [-0.2, -0.15) is 0 Å². The van der Waals surface area contributed by atoms with E-state index in [1.54, 1.807) is 55.4 Å². The number of rotatable bonds is 11. The maximum atomic E-state index is 12.7. The van der Waals surface area contributed by atoms with Gasteiger partial charge in [-0.1, -0.05) is 7.43 Å². The fourth-order valence-corrected chi connectivity index (χ4v) is 7.06. The van der Waals surface area contributed by atoms with Crippen molar-refractivity contribution in [1.29, 1.82) is 0 Å². The van der Waals surface area contributed by atoms with Gasteiger partial charge in [0.15, 0.2) is 45.6 Å². The van der Waals surface area contributed by atoms with E-state index in [1.165, 1.54) is 6.26 Å². The molecule has 85 heavy (non-hydrogen) atoms. The number of aromatic carboxylic acids is 1. The standard InChI is InChI=1S/C24H26N8O9.C24H24N8O8.CH4.BH2OP/c1-9(25)20-29-13(5-38-20)17(33)26-10(2)21-30-14(6-39-21)18(34)27-11(3)22-31-15(7-40-22)19(35)28-12(4)23-32-16(8-41-23)24(36)37;1-9-21-29-14(5-37-21)18(34)26-11(3)23-31-16(7-39-23)20(36)28-12(4)24-32-15(8-40-24)19(35)27-10(2)22-30-13(6-38-22)17(33)25-9;;2-1-3/h5-12H,25H2,1-4H3,(H,26,33)(H,27,34)(H,28,35)(H,36,37);5-12H,1-4H3,(H,25,33)(H,26,34)(H,27,35)(H,28,36);1H4;3H2. The van der Waals surface area contributed by atoms with Crippen molar-refractivity contribution in [3.05, 3.63) is 143 Å². The van der Waals surface area contributed by atoms with Gasteiger partial charge in [-0.25, -0.2) is 44.7 Å². The van der Waals surface area contributed by atoms with Crippen molar-refractivity contribution in [3.8, 4) is 0 Å². The molecule has 1 aliphatic rings. The van der Waals surface area contributed by atoms with Gasteiger partial charge in [0, 0.05) is 0 Å². The molecule has 8 aromatic rings. The molecule has 9 unspecified atom stereocenters. The third kappa shape index (κ3) is 16.0. The molecule has 0 saturated carbocycles. The monoisotopic (exact) mass is 1200 g/mol. The Kier molecular flexibility index (Phi) is 21.1. The molecule has 0 spiro atoms. The van der Waals surface area contributed by atoms with E-state index in [0.717, 1.165) is 43.8 Å². The van der Waals surface area contributed by atoms with Crippen molar-refractivity contribution in [1.82, 2.24) is 77.1 Å². The molecule has 0 aromatic carbocycles. The second-order valence-electron chi connectivity index (χ2n) is 18.2. The second-order valence-corrected chi connectivity index (χ2v) is 18.4. The first kappa shape index (κ1) is 63.9. The number of carboxylic acid groups (broad SMARTS) is 1. The molecule has 9 rings (SSSR count). The average Bonchev–Trinajstić information content (AvgIpc) is 4.27. The summed E-state index contributed by atoms with van der Waals surface area (Å²) in [7, 11) is 1.90. The molecule has 0 radical (unpaired) electrons. The molecule has 36 heteroatoms. The molecular formula is C49H56BN16O18P. The van der Waals surface area contributed by atoms with Crippen molar-refractivity contribution in [3.63, 3.8) is 0 Å². The first-order valence-corrected chi connectivity index (χ1v) is 25.5. The van der Waals surface area contributed by atoms with Crippen molar-refractivity contribution in [2.45, 2.75) is 111 Å². The zero-order valence-electron chi connectivity index (χ0n) is 45.4. The van der Waals surface area contributed by atoms with Crippen LogP contribution in [0.3, 0.4) is 0 Å². The summed E-state index contributed by atoms with van der Waals surface area (Å²) >= 11 is 0. The summed E-state index contributed by atoms with van der Waals surface area (Å²) in [6.07, 6.45) is 8.94. The van der Waals surface area contributed by atoms with Crippen LogP contribution < -0.4 is 43.0 Å². The number of carbonyl (C=O) groups excluding carboxylic acids is 7. The Morgan fingerprint density at radius 2 is 0.706 bits per heavy atom. The Bertz CT molecular complexity index is 3450. The van der Waals surface area contributed by atoms with Crippen LogP contribution >= 0.6 is 9.12 Å². The van der Waals surface area contributed by atoms with Gasteiger partial charge in [-0.15, -0.1) is 0 Å². The number of fused-ring (bicyclic) bond motifs is 8. The van der Waals surface area contributed by atoms with Crippen LogP contribution in [0, 0.1) is 0 Å². The van der Waals surface area contributed by atoms with Crippen molar-refractivity contribution in [2.24, 2.45) is 5.73 Å². The number of oxazole rings is 8. The fraction of sp³-hybridized carbons (Fsp3) is 0.347. The van der Waals surface area contributed by atoms with E-state index in [0.29, 0.717) is 6.87 Å². The predicted molar refractivity (Wildman–Crippen MR) is 286 cm³/mol. The Morgan fingerprint density at radius 3 is 0.941 bits per heavy atom. The first-order chi connectivity index (χ1) is 39.9. The van der Waals surface area contributed by atoms with Gasteiger partial charge in [-0.05, 0) is 55.4 Å². The quantitative estimate of drug-likeness (QED) is 0.0647. The molecule has 8 bridgehead atoms. The summed E-state index contributed by atoms with van der Waals surface area (Å²) in [5.74, 6) is -4.86. The summed E-state index contributed by atoms with van der Waals surface area (Å²) < 4.78 is 51.2. The number of nitrogens with two attached hydrogens (primary N) is 1. The van der Waals surface area contributed by atoms with E-state index in [4.69, 9.17) is 50.9 Å². The van der Waals surface area contributed by atoms with Crippen molar-refractivity contribution in [2.75, 3.05) is 0 Å². The normalized spacial score (nSPS) is 17.5. The number of nitrogens with one attached hydrogen (secondary N) is 7. The van der Waals surface area contributed by atoms with E-state index in [9.17, 15) is 38.4 Å². The van der Waals surface area contributed by atoms with Crippen LogP contribution in [0.5, 0.6) is 0 Å². The molecule has 9 atom stereocenters. The van der Waals surface area contributed by atoms with E-state index in [-0.39, 0.29) is 100 Å². The number of carbonyl (C=O) groups is 8. The fourth-order valence-electron chi connectivity index (χ4n) is 7.06. The Balaban J connectivity index is 0.000000257. The van der Waals surface area contributed by atoms with Gasteiger partial charge >= 0.3 is 26.7 Å². The topological polar surface area (TPSA) is 492 Å². The SMILES string of the molecule is C.CC(N)c1nc(C(=O)NC(C)c2nc(C(=O)NC(C)c3nc(C(=O)NC(C)c4nc(C(=O)O)co4)co3)co2)co1.CC1NC(=O)c2coc(n2)C(C)NC(=O)c2coc(n2)C(C)NC(=O)c2coc(n2)C(C)NC(=O)c2coc1n2.O=BP. The van der Waals surface area contributed by atoms with Crippen LogP contribution in [-0.4, -0.2) is 99.2 Å². The first-order valence-electron chi connectivity index (χ1n) is 24.9. The minimum atomic E-state index is -1.27. The van der Waals surface area contributed by atoms with Gasteiger partial charge in [-0.3, -0.25) is 33.6 Å². The molecule has 8 aromatic heterocycles. The van der Waals surface area contributed by atoms with Crippen LogP contribution in [-0.2, 0) is 4.70 Å². The molecular weight excluding hydrogens is 1140 g/mol. The van der Waals surface area contributed by atoms with E-state index in [2.05, 4.69) is 77.1 Å². The predicted octanol–water partition coefficient (Wildman–Crippen LogP) is 4.21. The van der Waals surface area contributed by atoms with Gasteiger partial charge in [0.05, 0.1) is 6.04 Å². The number of nitrogens with zero attached hydrogens (tertiary/aromatic N) is 8. The van der Waals surface area contributed by atoms with Gasteiger partial charge in [0.1, 0.15) is 92.4 Å². The van der Waals surface area contributed by atoms with Crippen molar-refractivity contribution < 1.29 is 83.5 Å². The summed E-state index contributed by atoms with van der Waals surface area (Å²) in [6.45, 7) is 13.5. The zero-order chi connectivity index (χ0) is 61.1. The molecule has 0 fully saturated rings. The molecule has 9 heterocycles. The molecule has 10 N–H and O–H groups in total. The van der Waals surface area contributed by atoms with E-state index in [1.807, 2.05) is 9.12 Å². The Hall–Kier alpha value is -10.3. The zero-order valence-corrected chi connectivity index (χ0v) is 46.6. The third-order valence-corrected chi connectivity index (χ3v) is 11.4. The minimum absolute atomic E-state index is 0. The van der Waals surface area contributed by atoms with E-state index >= 15 is 0 Å². The number of hydrogen-bond acceptors (Lipinski definition) is 26. The van der Waals surface area contributed by atoms with Crippen LogP contribution in [0.4, 0.5) is 0 Å². The molecule has 7 amide bonds. The second kappa shape index (κ2) is 28.1. The molecule has 34 nitrogen and oxygen atoms in total. The number of hydrogen-bond donors (Lipinski definition) is 9. The van der Waals surface area contributed by atoms with Crippen LogP contribution in [0.15, 0.2) is 85.4 Å². The molecule has 448 valence electrons. The van der Waals surface area contributed by atoms with Gasteiger partial charge in [0.2, 0.25) is 47.1 Å². The Morgan fingerprint density at radius 1 is 0.471 bits per heavy atom. The number of aromatic nitrogens is 8. The summed E-state index contributed by atoms with van der Waals surface area (Å²) in [5.41, 5.74) is 5.07. The summed E-state index contributed by atoms with van der Waals surface area (Å²) in [5, 5.41) is 27.4.